The molecule has 60 valence electrons. The molecule has 0 aliphatic heterocycles. The van der Waals surface area contributed by atoms with Crippen LogP contribution in [0.5, 0.6) is 0 Å². The molecule has 0 spiro atoms. The molecule has 0 atom stereocenters. The van der Waals surface area contributed by atoms with Gasteiger partial charge in [0.05, 0.1) is 0 Å². The molecule has 11 heavy (non-hydrogen) atoms. The third kappa shape index (κ3) is 5.24. The van der Waals surface area contributed by atoms with Crippen molar-refractivity contribution in [1.82, 2.24) is 0 Å². The zero-order chi connectivity index (χ0) is 8.69. The summed E-state index contributed by atoms with van der Waals surface area (Å²) >= 11 is 0. The first-order valence-corrected chi connectivity index (χ1v) is 3.05. The minimum absolute atomic E-state index is 0. The predicted molar refractivity (Wildman–Crippen MR) is 42.3 cm³/mol. The van der Waals surface area contributed by atoms with Crippen LogP contribution >= 0.6 is 0 Å². The Kier molecular flexibility index (Phi) is 4.94. The average molecular weight is 155 g/mol. The highest BCUT2D eigenvalue weighted by Crippen LogP contribution is 1.90. The van der Waals surface area contributed by atoms with Gasteiger partial charge in [0.25, 0.3) is 0 Å². The highest BCUT2D eigenvalue weighted by atomic mass is 16.4. The lowest BCUT2D eigenvalue weighted by molar-refractivity contribution is -0.113. The summed E-state index contributed by atoms with van der Waals surface area (Å²) in [4.78, 5) is 20.6. The van der Waals surface area contributed by atoms with Crippen molar-refractivity contribution in [2.75, 3.05) is 14.2 Å². The highest BCUT2D eigenvalue weighted by Gasteiger charge is 1.97. The van der Waals surface area contributed by atoms with Gasteiger partial charge >= 0.3 is 1.43 Å². The SMILES string of the molecule is COC.O=C1C=CC(=O)C=C1.[H+]. The second kappa shape index (κ2) is 5.56. The van der Waals surface area contributed by atoms with Gasteiger partial charge in [0, 0.05) is 14.2 Å². The fourth-order valence-corrected chi connectivity index (χ4v) is 0.440. The van der Waals surface area contributed by atoms with E-state index in [2.05, 4.69) is 4.74 Å². The Labute approximate surface area is 66.8 Å². The van der Waals surface area contributed by atoms with Crippen molar-refractivity contribution >= 4 is 11.6 Å². The van der Waals surface area contributed by atoms with Crippen molar-refractivity contribution in [1.29, 1.82) is 0 Å². The van der Waals surface area contributed by atoms with Crippen LogP contribution in [0.15, 0.2) is 24.3 Å². The number of hydrogen-bond acceptors (Lipinski definition) is 3. The summed E-state index contributed by atoms with van der Waals surface area (Å²) in [6.07, 6.45) is 5.01. The molecule has 1 aliphatic rings. The van der Waals surface area contributed by atoms with Crippen LogP contribution in [0, 0.1) is 0 Å². The second-order valence-electron chi connectivity index (χ2n) is 1.88. The molecule has 1 aliphatic carbocycles. The van der Waals surface area contributed by atoms with Crippen LogP contribution in [0.25, 0.3) is 0 Å². The van der Waals surface area contributed by atoms with E-state index in [0.29, 0.717) is 0 Å². The zero-order valence-corrected chi connectivity index (χ0v) is 6.53. The van der Waals surface area contributed by atoms with Gasteiger partial charge in [0.1, 0.15) is 0 Å². The Hall–Kier alpha value is -1.22. The molecule has 0 saturated carbocycles. The minimum Gasteiger partial charge on any atom is -0.388 e. The molecule has 0 radical (unpaired) electrons. The molecule has 0 bridgehead atoms. The molecular formula is C8H11O3+. The molecule has 0 aromatic carbocycles. The van der Waals surface area contributed by atoms with Crippen LogP contribution in [0.4, 0.5) is 0 Å². The van der Waals surface area contributed by atoms with Crippen LogP contribution in [-0.2, 0) is 14.3 Å². The first-order chi connectivity index (χ1) is 5.20. The number of rotatable bonds is 0. The van der Waals surface area contributed by atoms with Gasteiger partial charge in [-0.2, -0.15) is 0 Å². The third-order valence-corrected chi connectivity index (χ3v) is 0.824. The Bertz CT molecular complexity index is 168. The first-order valence-electron chi connectivity index (χ1n) is 3.05. The van der Waals surface area contributed by atoms with Crippen molar-refractivity contribution < 1.29 is 15.8 Å². The second-order valence-corrected chi connectivity index (χ2v) is 1.88. The Morgan fingerprint density at radius 1 is 1.00 bits per heavy atom. The van der Waals surface area contributed by atoms with Crippen LogP contribution in [0.1, 0.15) is 1.43 Å². The van der Waals surface area contributed by atoms with E-state index in [0.717, 1.165) is 0 Å². The van der Waals surface area contributed by atoms with Crippen molar-refractivity contribution in [3.05, 3.63) is 24.3 Å². The molecule has 0 heterocycles. The molecule has 3 nitrogen and oxygen atoms in total. The zero-order valence-electron chi connectivity index (χ0n) is 7.53. The van der Waals surface area contributed by atoms with Crippen LogP contribution in [0.3, 0.4) is 0 Å². The van der Waals surface area contributed by atoms with Crippen LogP contribution in [0.2, 0.25) is 0 Å². The van der Waals surface area contributed by atoms with Crippen molar-refractivity contribution in [3.8, 4) is 0 Å². The fraction of sp³-hybridized carbons (Fsp3) is 0.250. The normalized spacial score (nSPS) is 14.4. The van der Waals surface area contributed by atoms with Crippen LogP contribution in [-0.4, -0.2) is 25.8 Å². The Morgan fingerprint density at radius 2 is 1.18 bits per heavy atom. The van der Waals surface area contributed by atoms with E-state index < -0.39 is 0 Å². The summed E-state index contributed by atoms with van der Waals surface area (Å²) in [5.74, 6) is -0.241. The summed E-state index contributed by atoms with van der Waals surface area (Å²) in [6, 6.07) is 0. The highest BCUT2D eigenvalue weighted by molar-refractivity contribution is 6.14. The van der Waals surface area contributed by atoms with E-state index in [-0.39, 0.29) is 13.0 Å². The van der Waals surface area contributed by atoms with Gasteiger partial charge in [-0.25, -0.2) is 0 Å². The molecule has 3 heteroatoms. The van der Waals surface area contributed by atoms with E-state index in [9.17, 15) is 9.59 Å². The maximum absolute atomic E-state index is 10.3. The molecule has 0 unspecified atom stereocenters. The summed E-state index contributed by atoms with van der Waals surface area (Å²) < 4.78 is 4.25. The van der Waals surface area contributed by atoms with E-state index in [4.69, 9.17) is 0 Å². The Morgan fingerprint density at radius 3 is 1.36 bits per heavy atom. The quantitative estimate of drug-likeness (QED) is 0.482. The number of ketones is 2. The molecule has 0 fully saturated rings. The molecule has 0 aromatic heterocycles. The third-order valence-electron chi connectivity index (χ3n) is 0.824. The molecule has 0 amide bonds. The lowest BCUT2D eigenvalue weighted by Crippen LogP contribution is -1.97. The van der Waals surface area contributed by atoms with Gasteiger partial charge in [0.15, 0.2) is 11.6 Å². The van der Waals surface area contributed by atoms with E-state index in [1.54, 1.807) is 14.2 Å². The van der Waals surface area contributed by atoms with Gasteiger partial charge in [-0.1, -0.05) is 0 Å². The monoisotopic (exact) mass is 155 g/mol. The largest absolute Gasteiger partial charge is 1.00 e. The predicted octanol–water partition coefficient (Wildman–Crippen LogP) is 0.626. The number of hydrogen-bond donors (Lipinski definition) is 0. The number of carbonyl (C=O) groups excluding carboxylic acids is 2. The van der Waals surface area contributed by atoms with Gasteiger partial charge in [-0.05, 0) is 24.3 Å². The van der Waals surface area contributed by atoms with Gasteiger partial charge in [-0.3, -0.25) is 9.59 Å². The fourth-order valence-electron chi connectivity index (χ4n) is 0.440. The smallest absolute Gasteiger partial charge is 0.388 e. The number of carbonyl (C=O) groups is 2. The molecular weight excluding hydrogens is 144 g/mol. The summed E-state index contributed by atoms with van der Waals surface area (Å²) in [6.45, 7) is 0. The van der Waals surface area contributed by atoms with Gasteiger partial charge < -0.3 is 4.74 Å². The van der Waals surface area contributed by atoms with Gasteiger partial charge in [0.2, 0.25) is 0 Å². The lowest BCUT2D eigenvalue weighted by Gasteiger charge is -1.87. The average Bonchev–Trinajstić information content (AvgIpc) is 1.97. The molecule has 0 N–H and O–H groups in total. The number of allylic oxidation sites excluding steroid dienone is 4. The molecule has 0 aromatic rings. The molecule has 0 saturated heterocycles. The van der Waals surface area contributed by atoms with Crippen molar-refractivity contribution in [3.63, 3.8) is 0 Å². The first kappa shape index (κ1) is 9.78. The maximum atomic E-state index is 10.3. The minimum atomic E-state index is -0.121. The summed E-state index contributed by atoms with van der Waals surface area (Å²) in [5, 5.41) is 0. The summed E-state index contributed by atoms with van der Waals surface area (Å²) in [5.41, 5.74) is 0. The van der Waals surface area contributed by atoms with Crippen LogP contribution < -0.4 is 0 Å². The van der Waals surface area contributed by atoms with Crippen molar-refractivity contribution in [2.45, 2.75) is 0 Å². The van der Waals surface area contributed by atoms with Gasteiger partial charge in [-0.15, -0.1) is 0 Å². The lowest BCUT2D eigenvalue weighted by atomic mass is 10.2. The van der Waals surface area contributed by atoms with E-state index in [1.807, 2.05) is 0 Å². The number of ether oxygens (including phenoxy) is 1. The topological polar surface area (TPSA) is 43.4 Å². The van der Waals surface area contributed by atoms with E-state index >= 15 is 0 Å². The Balaban J connectivity index is 0. The van der Waals surface area contributed by atoms with E-state index in [1.165, 1.54) is 24.3 Å². The standard InChI is InChI=1S/C6H4O2.C2H6O/c7-5-1-2-6(8)4-3-5;1-3-2/h1-4H;1-2H3/p+1. The van der Waals surface area contributed by atoms with Crippen molar-refractivity contribution in [2.24, 2.45) is 0 Å². The number of methoxy groups -OCH3 is 1. The molecule has 1 rings (SSSR count). The summed E-state index contributed by atoms with van der Waals surface area (Å²) in [7, 11) is 3.25. The maximum Gasteiger partial charge on any atom is 1.00 e.